The number of thioether (sulfide) groups is 1. The molecule has 4 nitrogen and oxygen atoms in total. The molecule has 0 saturated carbocycles. The Bertz CT molecular complexity index is 368. The summed E-state index contributed by atoms with van der Waals surface area (Å²) >= 11 is 1.48. The zero-order chi connectivity index (χ0) is 11.4. The highest BCUT2D eigenvalue weighted by Crippen LogP contribution is 2.29. The van der Waals surface area contributed by atoms with Gasteiger partial charge in [0.1, 0.15) is 0 Å². The highest BCUT2D eigenvalue weighted by Gasteiger charge is 2.18. The molecule has 1 N–H and O–H groups in total. The zero-order valence-corrected chi connectivity index (χ0v) is 9.67. The predicted octanol–water partition coefficient (Wildman–Crippen LogP) is 2.00. The van der Waals surface area contributed by atoms with Crippen LogP contribution >= 0.6 is 11.8 Å². The molecular formula is C10H13NO3S. The standard InChI is InChI=1S/C10H13NO3S/c1-6(10(12)13)7-4-9(14-2)11-5-8(7)15-3/h4-6H,1-3H3,(H,12,13). The summed E-state index contributed by atoms with van der Waals surface area (Å²) in [5.41, 5.74) is 0.738. The van der Waals surface area contributed by atoms with Crippen LogP contribution in [0.5, 0.6) is 5.88 Å². The van der Waals surface area contributed by atoms with Gasteiger partial charge < -0.3 is 9.84 Å². The summed E-state index contributed by atoms with van der Waals surface area (Å²) in [6, 6.07) is 1.67. The number of hydrogen-bond acceptors (Lipinski definition) is 4. The van der Waals surface area contributed by atoms with Gasteiger partial charge in [-0.2, -0.15) is 0 Å². The monoisotopic (exact) mass is 227 g/mol. The third-order valence-corrected chi connectivity index (χ3v) is 2.92. The molecule has 1 heterocycles. The lowest BCUT2D eigenvalue weighted by Crippen LogP contribution is -2.09. The second-order valence-electron chi connectivity index (χ2n) is 3.03. The molecule has 0 saturated heterocycles. The number of ether oxygens (including phenoxy) is 1. The molecule has 0 aliphatic heterocycles. The smallest absolute Gasteiger partial charge is 0.310 e. The Morgan fingerprint density at radius 2 is 2.33 bits per heavy atom. The third-order valence-electron chi connectivity index (χ3n) is 2.14. The first-order valence-corrected chi connectivity index (χ1v) is 5.63. The fraction of sp³-hybridized carbons (Fsp3) is 0.400. The highest BCUT2D eigenvalue weighted by molar-refractivity contribution is 7.98. The van der Waals surface area contributed by atoms with E-state index in [1.165, 1.54) is 18.9 Å². The summed E-state index contributed by atoms with van der Waals surface area (Å²) in [7, 11) is 1.51. The van der Waals surface area contributed by atoms with E-state index >= 15 is 0 Å². The Morgan fingerprint density at radius 3 is 2.80 bits per heavy atom. The third kappa shape index (κ3) is 2.62. The second-order valence-corrected chi connectivity index (χ2v) is 3.88. The van der Waals surface area contributed by atoms with E-state index in [0.717, 1.165) is 10.5 Å². The van der Waals surface area contributed by atoms with Crippen molar-refractivity contribution in [2.45, 2.75) is 17.7 Å². The molecule has 1 unspecified atom stereocenters. The van der Waals surface area contributed by atoms with Crippen molar-refractivity contribution in [2.24, 2.45) is 0 Å². The summed E-state index contributed by atoms with van der Waals surface area (Å²) < 4.78 is 4.97. The molecule has 5 heteroatoms. The number of methoxy groups -OCH3 is 1. The minimum absolute atomic E-state index is 0.441. The number of aromatic nitrogens is 1. The number of hydrogen-bond donors (Lipinski definition) is 1. The van der Waals surface area contributed by atoms with Gasteiger partial charge in [0.05, 0.1) is 13.0 Å². The number of rotatable bonds is 4. The minimum Gasteiger partial charge on any atom is -0.481 e. The Hall–Kier alpha value is -1.23. The molecule has 15 heavy (non-hydrogen) atoms. The Morgan fingerprint density at radius 1 is 1.67 bits per heavy atom. The summed E-state index contributed by atoms with van der Waals surface area (Å²) in [5, 5.41) is 8.95. The van der Waals surface area contributed by atoms with Gasteiger partial charge in [-0.15, -0.1) is 11.8 Å². The van der Waals surface area contributed by atoms with E-state index < -0.39 is 11.9 Å². The lowest BCUT2D eigenvalue weighted by Gasteiger charge is -2.12. The molecular weight excluding hydrogens is 214 g/mol. The lowest BCUT2D eigenvalue weighted by molar-refractivity contribution is -0.138. The topological polar surface area (TPSA) is 59.4 Å². The van der Waals surface area contributed by atoms with Gasteiger partial charge in [-0.25, -0.2) is 4.98 Å². The van der Waals surface area contributed by atoms with Crippen LogP contribution in [0.25, 0.3) is 0 Å². The van der Waals surface area contributed by atoms with Gasteiger partial charge in [0.15, 0.2) is 0 Å². The molecule has 82 valence electrons. The van der Waals surface area contributed by atoms with Crippen LogP contribution in [0.4, 0.5) is 0 Å². The fourth-order valence-electron chi connectivity index (χ4n) is 1.19. The van der Waals surface area contributed by atoms with Crippen LogP contribution in [0.15, 0.2) is 17.2 Å². The van der Waals surface area contributed by atoms with E-state index in [-0.39, 0.29) is 0 Å². The molecule has 0 radical (unpaired) electrons. The van der Waals surface area contributed by atoms with Crippen LogP contribution in [-0.2, 0) is 4.79 Å². The molecule has 0 fully saturated rings. The van der Waals surface area contributed by atoms with Crippen LogP contribution in [0.3, 0.4) is 0 Å². The van der Waals surface area contributed by atoms with Crippen LogP contribution in [0.1, 0.15) is 18.4 Å². The molecule has 1 atom stereocenters. The van der Waals surface area contributed by atoms with Crippen LogP contribution < -0.4 is 4.74 Å². The summed E-state index contributed by atoms with van der Waals surface area (Å²) in [6.45, 7) is 1.65. The Labute approximate surface area is 92.7 Å². The number of carboxylic acid groups (broad SMARTS) is 1. The number of carboxylic acids is 1. The SMILES string of the molecule is COc1cc(C(C)C(=O)O)c(SC)cn1. The van der Waals surface area contributed by atoms with Crippen molar-refractivity contribution in [3.8, 4) is 5.88 Å². The predicted molar refractivity (Wildman–Crippen MR) is 58.6 cm³/mol. The van der Waals surface area contributed by atoms with Crippen molar-refractivity contribution in [1.29, 1.82) is 0 Å². The molecule has 0 spiro atoms. The molecule has 1 aromatic heterocycles. The van der Waals surface area contributed by atoms with Crippen molar-refractivity contribution >= 4 is 17.7 Å². The van der Waals surface area contributed by atoms with Gasteiger partial charge in [-0.3, -0.25) is 4.79 Å². The average Bonchev–Trinajstić information content (AvgIpc) is 2.27. The van der Waals surface area contributed by atoms with Gasteiger partial charge in [-0.05, 0) is 18.7 Å². The van der Waals surface area contributed by atoms with Crippen molar-refractivity contribution in [3.05, 3.63) is 17.8 Å². The van der Waals surface area contributed by atoms with E-state index in [1.54, 1.807) is 19.2 Å². The fourth-order valence-corrected chi connectivity index (χ4v) is 1.82. The number of carbonyl (C=O) groups is 1. The zero-order valence-electron chi connectivity index (χ0n) is 8.85. The van der Waals surface area contributed by atoms with Gasteiger partial charge in [0.2, 0.25) is 5.88 Å². The molecule has 0 bridgehead atoms. The van der Waals surface area contributed by atoms with E-state index in [1.807, 2.05) is 6.26 Å². The average molecular weight is 227 g/mol. The summed E-state index contributed by atoms with van der Waals surface area (Å²) in [6.07, 6.45) is 3.53. The summed E-state index contributed by atoms with van der Waals surface area (Å²) in [4.78, 5) is 15.8. The quantitative estimate of drug-likeness (QED) is 0.797. The largest absolute Gasteiger partial charge is 0.481 e. The van der Waals surface area contributed by atoms with E-state index in [2.05, 4.69) is 4.98 Å². The maximum atomic E-state index is 10.9. The van der Waals surface area contributed by atoms with Crippen molar-refractivity contribution < 1.29 is 14.6 Å². The van der Waals surface area contributed by atoms with E-state index in [4.69, 9.17) is 9.84 Å². The van der Waals surface area contributed by atoms with Gasteiger partial charge in [-0.1, -0.05) is 0 Å². The first-order valence-electron chi connectivity index (χ1n) is 4.41. The second kappa shape index (κ2) is 5.02. The van der Waals surface area contributed by atoms with Crippen LogP contribution in [0, 0.1) is 0 Å². The molecule has 0 amide bonds. The minimum atomic E-state index is -0.849. The lowest BCUT2D eigenvalue weighted by atomic mass is 10.0. The van der Waals surface area contributed by atoms with Crippen molar-refractivity contribution in [3.63, 3.8) is 0 Å². The first-order chi connectivity index (χ1) is 7.10. The highest BCUT2D eigenvalue weighted by atomic mass is 32.2. The Balaban J connectivity index is 3.16. The molecule has 1 aromatic rings. The molecule has 0 aliphatic rings. The van der Waals surface area contributed by atoms with E-state index in [9.17, 15) is 4.79 Å². The molecule has 0 aromatic carbocycles. The molecule has 1 rings (SSSR count). The van der Waals surface area contributed by atoms with Gasteiger partial charge in [0.25, 0.3) is 0 Å². The maximum absolute atomic E-state index is 10.9. The maximum Gasteiger partial charge on any atom is 0.310 e. The summed E-state index contributed by atoms with van der Waals surface area (Å²) in [5.74, 6) is -0.959. The van der Waals surface area contributed by atoms with Crippen molar-refractivity contribution in [2.75, 3.05) is 13.4 Å². The van der Waals surface area contributed by atoms with E-state index in [0.29, 0.717) is 5.88 Å². The van der Waals surface area contributed by atoms with Gasteiger partial charge in [0, 0.05) is 17.2 Å². The van der Waals surface area contributed by atoms with Crippen LogP contribution in [-0.4, -0.2) is 29.4 Å². The van der Waals surface area contributed by atoms with Crippen molar-refractivity contribution in [1.82, 2.24) is 4.98 Å². The van der Waals surface area contributed by atoms with Gasteiger partial charge >= 0.3 is 5.97 Å². The number of aliphatic carboxylic acids is 1. The first kappa shape index (κ1) is 11.8. The Kier molecular flexibility index (Phi) is 3.96. The molecule has 0 aliphatic carbocycles. The number of nitrogens with zero attached hydrogens (tertiary/aromatic N) is 1. The normalized spacial score (nSPS) is 12.2. The number of pyridine rings is 1. The van der Waals surface area contributed by atoms with Crippen LogP contribution in [0.2, 0.25) is 0 Å².